The van der Waals surface area contributed by atoms with Crippen molar-refractivity contribution < 1.29 is 19.4 Å². The van der Waals surface area contributed by atoms with Crippen LogP contribution in [-0.4, -0.2) is 42.9 Å². The summed E-state index contributed by atoms with van der Waals surface area (Å²) < 4.78 is 5.35. The van der Waals surface area contributed by atoms with E-state index in [1.165, 1.54) is 0 Å². The third kappa shape index (κ3) is 10.6. The third-order valence-corrected chi connectivity index (χ3v) is 2.82. The van der Waals surface area contributed by atoms with E-state index >= 15 is 0 Å². The number of hydrogen-bond donors (Lipinski definition) is 3. The second kappa shape index (κ2) is 11.5. The van der Waals surface area contributed by atoms with Crippen molar-refractivity contribution in [1.29, 1.82) is 0 Å². The molecule has 0 aromatic rings. The van der Waals surface area contributed by atoms with Gasteiger partial charge >= 0.3 is 12.0 Å². The Morgan fingerprint density at radius 3 is 2.45 bits per heavy atom. The molecule has 118 valence electrons. The van der Waals surface area contributed by atoms with Crippen molar-refractivity contribution in [3.63, 3.8) is 0 Å². The number of unbranched alkanes of at least 4 members (excludes halogenated alkanes) is 1. The average Bonchev–Trinajstić information content (AvgIpc) is 2.37. The van der Waals surface area contributed by atoms with E-state index in [1.807, 2.05) is 6.92 Å². The summed E-state index contributed by atoms with van der Waals surface area (Å²) in [5, 5.41) is 14.0. The van der Waals surface area contributed by atoms with E-state index in [0.29, 0.717) is 32.1 Å². The normalized spacial score (nSPS) is 12.2. The van der Waals surface area contributed by atoms with Crippen LogP contribution in [-0.2, 0) is 9.53 Å². The smallest absolute Gasteiger partial charge is 0.326 e. The first-order valence-electron chi connectivity index (χ1n) is 7.32. The van der Waals surface area contributed by atoms with E-state index in [4.69, 9.17) is 9.84 Å². The Kier molecular flexibility index (Phi) is 10.8. The standard InChI is InChI=1S/C14H28N2O4/c1-4-5-6-12(13(17)18)16-14(19)15-8-10-20-9-7-11(2)3/h11-12H,4-10H2,1-3H3,(H,17,18)(H2,15,16,19). The molecule has 0 radical (unpaired) electrons. The lowest BCUT2D eigenvalue weighted by atomic mass is 10.1. The van der Waals surface area contributed by atoms with Gasteiger partial charge in [-0.25, -0.2) is 9.59 Å². The van der Waals surface area contributed by atoms with Gasteiger partial charge in [0, 0.05) is 13.2 Å². The van der Waals surface area contributed by atoms with Crippen LogP contribution in [0.1, 0.15) is 46.5 Å². The maximum atomic E-state index is 11.5. The molecule has 20 heavy (non-hydrogen) atoms. The van der Waals surface area contributed by atoms with Crippen LogP contribution in [0.2, 0.25) is 0 Å². The zero-order chi connectivity index (χ0) is 15.4. The highest BCUT2D eigenvalue weighted by molar-refractivity contribution is 5.82. The number of carbonyl (C=O) groups excluding carboxylic acids is 1. The van der Waals surface area contributed by atoms with Crippen molar-refractivity contribution in [2.75, 3.05) is 19.8 Å². The summed E-state index contributed by atoms with van der Waals surface area (Å²) in [5.74, 6) is -0.400. The number of amides is 2. The summed E-state index contributed by atoms with van der Waals surface area (Å²) in [6.07, 6.45) is 3.11. The Balaban J connectivity index is 3.71. The van der Waals surface area contributed by atoms with Gasteiger partial charge < -0.3 is 20.5 Å². The lowest BCUT2D eigenvalue weighted by molar-refractivity contribution is -0.139. The van der Waals surface area contributed by atoms with Gasteiger partial charge in [-0.05, 0) is 18.8 Å². The number of ether oxygens (including phenoxy) is 1. The van der Waals surface area contributed by atoms with Crippen LogP contribution in [0.3, 0.4) is 0 Å². The Bertz CT molecular complexity index is 282. The maximum absolute atomic E-state index is 11.5. The minimum Gasteiger partial charge on any atom is -0.480 e. The highest BCUT2D eigenvalue weighted by Crippen LogP contribution is 2.00. The van der Waals surface area contributed by atoms with Crippen molar-refractivity contribution in [2.24, 2.45) is 5.92 Å². The van der Waals surface area contributed by atoms with Crippen LogP contribution in [0, 0.1) is 5.92 Å². The van der Waals surface area contributed by atoms with Crippen LogP contribution in [0.5, 0.6) is 0 Å². The van der Waals surface area contributed by atoms with Gasteiger partial charge in [-0.1, -0.05) is 33.6 Å². The number of urea groups is 1. The summed E-state index contributed by atoms with van der Waals surface area (Å²) in [4.78, 5) is 22.5. The molecule has 2 amide bonds. The Morgan fingerprint density at radius 2 is 1.90 bits per heavy atom. The molecule has 0 bridgehead atoms. The van der Waals surface area contributed by atoms with Crippen LogP contribution < -0.4 is 10.6 Å². The molecule has 1 unspecified atom stereocenters. The summed E-state index contributed by atoms with van der Waals surface area (Å²) in [6, 6.07) is -1.28. The van der Waals surface area contributed by atoms with Gasteiger partial charge in [-0.2, -0.15) is 0 Å². The van der Waals surface area contributed by atoms with E-state index < -0.39 is 18.0 Å². The zero-order valence-electron chi connectivity index (χ0n) is 12.8. The molecular weight excluding hydrogens is 260 g/mol. The predicted molar refractivity (Wildman–Crippen MR) is 77.8 cm³/mol. The molecule has 6 heteroatoms. The average molecular weight is 288 g/mol. The first-order chi connectivity index (χ1) is 9.47. The minimum absolute atomic E-state index is 0.379. The van der Waals surface area contributed by atoms with Crippen molar-refractivity contribution in [3.8, 4) is 0 Å². The fraction of sp³-hybridized carbons (Fsp3) is 0.857. The summed E-state index contributed by atoms with van der Waals surface area (Å²) in [7, 11) is 0. The van der Waals surface area contributed by atoms with Gasteiger partial charge in [-0.3, -0.25) is 0 Å². The van der Waals surface area contributed by atoms with Gasteiger partial charge in [0.1, 0.15) is 6.04 Å². The molecule has 3 N–H and O–H groups in total. The number of carboxylic acids is 1. The van der Waals surface area contributed by atoms with Crippen molar-refractivity contribution >= 4 is 12.0 Å². The van der Waals surface area contributed by atoms with E-state index in [-0.39, 0.29) is 0 Å². The second-order valence-corrected chi connectivity index (χ2v) is 5.23. The van der Waals surface area contributed by atoms with Crippen LogP contribution >= 0.6 is 0 Å². The molecule has 0 aliphatic rings. The Labute approximate surface area is 121 Å². The van der Waals surface area contributed by atoms with E-state index in [1.54, 1.807) is 0 Å². The van der Waals surface area contributed by atoms with Crippen molar-refractivity contribution in [3.05, 3.63) is 0 Å². The number of aliphatic carboxylic acids is 1. The monoisotopic (exact) mass is 288 g/mol. The lowest BCUT2D eigenvalue weighted by Gasteiger charge is -2.14. The largest absolute Gasteiger partial charge is 0.480 e. The lowest BCUT2D eigenvalue weighted by Crippen LogP contribution is -2.46. The van der Waals surface area contributed by atoms with Gasteiger partial charge in [0.05, 0.1) is 6.61 Å². The zero-order valence-corrected chi connectivity index (χ0v) is 12.8. The molecule has 0 aliphatic carbocycles. The van der Waals surface area contributed by atoms with Gasteiger partial charge in [0.15, 0.2) is 0 Å². The van der Waals surface area contributed by atoms with E-state index in [0.717, 1.165) is 19.3 Å². The Morgan fingerprint density at radius 1 is 1.20 bits per heavy atom. The predicted octanol–water partition coefficient (Wildman–Crippen LogP) is 1.99. The molecule has 0 heterocycles. The van der Waals surface area contributed by atoms with Gasteiger partial charge in [0.25, 0.3) is 0 Å². The molecule has 0 aliphatic heterocycles. The molecular formula is C14H28N2O4. The molecule has 0 rings (SSSR count). The maximum Gasteiger partial charge on any atom is 0.326 e. The molecule has 0 saturated carbocycles. The van der Waals surface area contributed by atoms with Gasteiger partial charge in [-0.15, -0.1) is 0 Å². The highest BCUT2D eigenvalue weighted by Gasteiger charge is 2.18. The highest BCUT2D eigenvalue weighted by atomic mass is 16.5. The number of carbonyl (C=O) groups is 2. The first kappa shape index (κ1) is 18.7. The molecule has 0 saturated heterocycles. The molecule has 0 fully saturated rings. The molecule has 0 aromatic carbocycles. The molecule has 1 atom stereocenters. The summed E-state index contributed by atoms with van der Waals surface area (Å²) in [5.41, 5.74) is 0. The summed E-state index contributed by atoms with van der Waals surface area (Å²) in [6.45, 7) is 7.72. The Hall–Kier alpha value is -1.30. The number of rotatable bonds is 11. The molecule has 0 aromatic heterocycles. The summed E-state index contributed by atoms with van der Waals surface area (Å²) >= 11 is 0. The van der Waals surface area contributed by atoms with E-state index in [9.17, 15) is 9.59 Å². The number of hydrogen-bond acceptors (Lipinski definition) is 3. The number of nitrogens with one attached hydrogen (secondary N) is 2. The third-order valence-electron chi connectivity index (χ3n) is 2.82. The second-order valence-electron chi connectivity index (χ2n) is 5.23. The first-order valence-corrected chi connectivity index (χ1v) is 7.32. The fourth-order valence-electron chi connectivity index (χ4n) is 1.53. The quantitative estimate of drug-likeness (QED) is 0.507. The van der Waals surface area contributed by atoms with E-state index in [2.05, 4.69) is 24.5 Å². The SMILES string of the molecule is CCCCC(NC(=O)NCCOCCC(C)C)C(=O)O. The van der Waals surface area contributed by atoms with Crippen LogP contribution in [0.4, 0.5) is 4.79 Å². The molecule has 0 spiro atoms. The van der Waals surface area contributed by atoms with Gasteiger partial charge in [0.2, 0.25) is 0 Å². The number of carboxylic acid groups (broad SMARTS) is 1. The van der Waals surface area contributed by atoms with Crippen LogP contribution in [0.15, 0.2) is 0 Å². The fourth-order valence-corrected chi connectivity index (χ4v) is 1.53. The topological polar surface area (TPSA) is 87.7 Å². The van der Waals surface area contributed by atoms with Crippen LogP contribution in [0.25, 0.3) is 0 Å². The van der Waals surface area contributed by atoms with Crippen molar-refractivity contribution in [1.82, 2.24) is 10.6 Å². The molecule has 6 nitrogen and oxygen atoms in total. The minimum atomic E-state index is -0.998. The van der Waals surface area contributed by atoms with Crippen molar-refractivity contribution in [2.45, 2.75) is 52.5 Å².